The van der Waals surface area contributed by atoms with Crippen LogP contribution in [0.2, 0.25) is 0 Å². The van der Waals surface area contributed by atoms with Gasteiger partial charge in [-0.25, -0.2) is 4.39 Å². The maximum absolute atomic E-state index is 13.2. The van der Waals surface area contributed by atoms with Gasteiger partial charge >= 0.3 is 0 Å². The van der Waals surface area contributed by atoms with E-state index in [4.69, 9.17) is 4.74 Å². The third-order valence-electron chi connectivity index (χ3n) is 4.26. The normalized spacial score (nSPS) is 10.8. The number of carbonyl (C=O) groups excluding carboxylic acids is 1. The minimum Gasteiger partial charge on any atom is -0.492 e. The van der Waals surface area contributed by atoms with Gasteiger partial charge in [-0.15, -0.1) is 0 Å². The van der Waals surface area contributed by atoms with Gasteiger partial charge in [-0.2, -0.15) is 0 Å². The number of halogens is 1. The molecule has 26 heavy (non-hydrogen) atoms. The van der Waals surface area contributed by atoms with E-state index in [-0.39, 0.29) is 18.1 Å². The molecule has 5 heteroatoms. The highest BCUT2D eigenvalue weighted by Gasteiger charge is 2.08. The standard InChI is InChI=1S/C21H27FN2O2/c1-3-24(4-2)12-13-26-20-11-6-5-9-18(20)16-23-21(25)15-17-8-7-10-19(22)14-17/h5-11,14H,3-4,12-13,15-16H2,1-2H3,(H,23,25). The molecular weight excluding hydrogens is 331 g/mol. The van der Waals surface area contributed by atoms with E-state index < -0.39 is 0 Å². The molecule has 1 amide bonds. The molecule has 0 aromatic heterocycles. The highest BCUT2D eigenvalue weighted by Crippen LogP contribution is 2.17. The molecule has 4 nitrogen and oxygen atoms in total. The Hall–Kier alpha value is -2.40. The van der Waals surface area contributed by atoms with E-state index in [9.17, 15) is 9.18 Å². The smallest absolute Gasteiger partial charge is 0.224 e. The van der Waals surface area contributed by atoms with Gasteiger partial charge in [-0.05, 0) is 36.9 Å². The fourth-order valence-electron chi connectivity index (χ4n) is 2.70. The molecule has 0 radical (unpaired) electrons. The van der Waals surface area contributed by atoms with Crippen LogP contribution >= 0.6 is 0 Å². The van der Waals surface area contributed by atoms with E-state index in [0.717, 1.165) is 30.9 Å². The molecular formula is C21H27FN2O2. The molecule has 0 aliphatic heterocycles. The molecule has 140 valence electrons. The summed E-state index contributed by atoms with van der Waals surface area (Å²) >= 11 is 0. The van der Waals surface area contributed by atoms with Crippen molar-refractivity contribution in [2.24, 2.45) is 0 Å². The molecule has 2 aromatic carbocycles. The number of carbonyl (C=O) groups is 1. The van der Waals surface area contributed by atoms with Gasteiger partial charge in [0.2, 0.25) is 5.91 Å². The lowest BCUT2D eigenvalue weighted by atomic mass is 10.1. The Kier molecular flexibility index (Phi) is 8.09. The molecule has 2 rings (SSSR count). The predicted molar refractivity (Wildman–Crippen MR) is 102 cm³/mol. The second-order valence-corrected chi connectivity index (χ2v) is 6.07. The van der Waals surface area contributed by atoms with E-state index in [1.54, 1.807) is 12.1 Å². The fourth-order valence-corrected chi connectivity index (χ4v) is 2.70. The monoisotopic (exact) mass is 358 g/mol. The Morgan fingerprint density at radius 3 is 2.62 bits per heavy atom. The highest BCUT2D eigenvalue weighted by atomic mass is 19.1. The average molecular weight is 358 g/mol. The summed E-state index contributed by atoms with van der Waals surface area (Å²) in [5.41, 5.74) is 1.59. The number of rotatable bonds is 10. The first kappa shape index (κ1) is 19.9. The summed E-state index contributed by atoms with van der Waals surface area (Å²) in [5, 5.41) is 2.88. The highest BCUT2D eigenvalue weighted by molar-refractivity contribution is 5.78. The molecule has 0 bridgehead atoms. The molecule has 0 atom stereocenters. The Labute approximate surface area is 155 Å². The Morgan fingerprint density at radius 1 is 1.12 bits per heavy atom. The van der Waals surface area contributed by atoms with E-state index in [0.29, 0.717) is 18.7 Å². The van der Waals surface area contributed by atoms with E-state index in [1.807, 2.05) is 24.3 Å². The molecule has 1 N–H and O–H groups in total. The molecule has 0 heterocycles. The summed E-state index contributed by atoms with van der Waals surface area (Å²) in [7, 11) is 0. The van der Waals surface area contributed by atoms with Crippen LogP contribution in [0.4, 0.5) is 4.39 Å². The van der Waals surface area contributed by atoms with Crippen molar-refractivity contribution < 1.29 is 13.9 Å². The Bertz CT molecular complexity index is 702. The SMILES string of the molecule is CCN(CC)CCOc1ccccc1CNC(=O)Cc1cccc(F)c1. The number of nitrogens with one attached hydrogen (secondary N) is 1. The van der Waals surface area contributed by atoms with Gasteiger partial charge in [0, 0.05) is 18.7 Å². The van der Waals surface area contributed by atoms with Crippen LogP contribution in [-0.2, 0) is 17.8 Å². The maximum Gasteiger partial charge on any atom is 0.224 e. The lowest BCUT2D eigenvalue weighted by Crippen LogP contribution is -2.28. The van der Waals surface area contributed by atoms with Gasteiger partial charge in [-0.3, -0.25) is 4.79 Å². The van der Waals surface area contributed by atoms with Crippen LogP contribution in [0, 0.1) is 5.82 Å². The summed E-state index contributed by atoms with van der Waals surface area (Å²) in [5.74, 6) is 0.307. The first-order chi connectivity index (χ1) is 12.6. The summed E-state index contributed by atoms with van der Waals surface area (Å²) in [6.45, 7) is 8.12. The molecule has 0 aliphatic carbocycles. The predicted octanol–water partition coefficient (Wildman–Crippen LogP) is 3.41. The topological polar surface area (TPSA) is 41.6 Å². The second kappa shape index (κ2) is 10.6. The zero-order chi connectivity index (χ0) is 18.8. The number of likely N-dealkylation sites (N-methyl/N-ethyl adjacent to an activating group) is 1. The van der Waals surface area contributed by atoms with Crippen molar-refractivity contribution >= 4 is 5.91 Å². The Morgan fingerprint density at radius 2 is 1.88 bits per heavy atom. The average Bonchev–Trinajstić information content (AvgIpc) is 2.64. The summed E-state index contributed by atoms with van der Waals surface area (Å²) in [6, 6.07) is 13.8. The quantitative estimate of drug-likeness (QED) is 0.708. The molecule has 0 aliphatic rings. The van der Waals surface area contributed by atoms with Gasteiger partial charge < -0.3 is 15.0 Å². The molecule has 0 saturated carbocycles. The molecule has 0 saturated heterocycles. The minimum atomic E-state index is -0.331. The number of nitrogens with zero attached hydrogens (tertiary/aromatic N) is 1. The van der Waals surface area contributed by atoms with Gasteiger partial charge in [0.25, 0.3) is 0 Å². The minimum absolute atomic E-state index is 0.145. The summed E-state index contributed by atoms with van der Waals surface area (Å²) < 4.78 is 19.1. The van der Waals surface area contributed by atoms with Gasteiger partial charge in [0.1, 0.15) is 18.2 Å². The van der Waals surface area contributed by atoms with Crippen molar-refractivity contribution in [3.63, 3.8) is 0 Å². The van der Waals surface area contributed by atoms with Crippen molar-refractivity contribution in [3.8, 4) is 5.75 Å². The number of benzene rings is 2. The molecule has 0 spiro atoms. The van der Waals surface area contributed by atoms with Crippen LogP contribution in [0.25, 0.3) is 0 Å². The van der Waals surface area contributed by atoms with E-state index in [1.165, 1.54) is 12.1 Å². The van der Waals surface area contributed by atoms with Crippen LogP contribution in [0.3, 0.4) is 0 Å². The number of ether oxygens (including phenoxy) is 1. The van der Waals surface area contributed by atoms with Crippen LogP contribution in [-0.4, -0.2) is 37.0 Å². The molecule has 2 aromatic rings. The zero-order valence-corrected chi connectivity index (χ0v) is 15.5. The summed E-state index contributed by atoms with van der Waals surface area (Å²) in [6.07, 6.45) is 0.156. The largest absolute Gasteiger partial charge is 0.492 e. The lowest BCUT2D eigenvalue weighted by Gasteiger charge is -2.19. The number of hydrogen-bond donors (Lipinski definition) is 1. The van der Waals surface area contributed by atoms with Crippen molar-refractivity contribution in [1.29, 1.82) is 0 Å². The third-order valence-corrected chi connectivity index (χ3v) is 4.26. The van der Waals surface area contributed by atoms with Crippen molar-refractivity contribution in [2.75, 3.05) is 26.2 Å². The number of hydrogen-bond acceptors (Lipinski definition) is 3. The van der Waals surface area contributed by atoms with Crippen molar-refractivity contribution in [3.05, 3.63) is 65.5 Å². The van der Waals surface area contributed by atoms with Gasteiger partial charge in [0.05, 0.1) is 6.42 Å². The fraction of sp³-hybridized carbons (Fsp3) is 0.381. The molecule has 0 fully saturated rings. The van der Waals surface area contributed by atoms with Gasteiger partial charge in [-0.1, -0.05) is 44.2 Å². The van der Waals surface area contributed by atoms with Crippen molar-refractivity contribution in [1.82, 2.24) is 10.2 Å². The zero-order valence-electron chi connectivity index (χ0n) is 15.5. The van der Waals surface area contributed by atoms with Crippen LogP contribution in [0.1, 0.15) is 25.0 Å². The van der Waals surface area contributed by atoms with Crippen LogP contribution in [0.5, 0.6) is 5.75 Å². The number of amides is 1. The third kappa shape index (κ3) is 6.48. The van der Waals surface area contributed by atoms with E-state index >= 15 is 0 Å². The van der Waals surface area contributed by atoms with Crippen LogP contribution < -0.4 is 10.1 Å². The Balaban J connectivity index is 1.86. The first-order valence-electron chi connectivity index (χ1n) is 9.06. The summed E-state index contributed by atoms with van der Waals surface area (Å²) in [4.78, 5) is 14.4. The molecule has 0 unspecified atom stereocenters. The van der Waals surface area contributed by atoms with Crippen molar-refractivity contribution in [2.45, 2.75) is 26.8 Å². The van der Waals surface area contributed by atoms with E-state index in [2.05, 4.69) is 24.1 Å². The number of para-hydroxylation sites is 1. The first-order valence-corrected chi connectivity index (χ1v) is 9.06. The maximum atomic E-state index is 13.2. The second-order valence-electron chi connectivity index (χ2n) is 6.07. The lowest BCUT2D eigenvalue weighted by molar-refractivity contribution is -0.120. The van der Waals surface area contributed by atoms with Gasteiger partial charge in [0.15, 0.2) is 0 Å². The van der Waals surface area contributed by atoms with Crippen LogP contribution in [0.15, 0.2) is 48.5 Å².